The number of Topliss-reactive ketones (excluding diaryl/α,β-unsaturated/α-hetero) is 1. The molecule has 2 aliphatic rings. The fraction of sp³-hybridized carbons (Fsp3) is 0.241. The summed E-state index contributed by atoms with van der Waals surface area (Å²) >= 11 is 0.944. The van der Waals surface area contributed by atoms with Crippen molar-refractivity contribution in [3.63, 3.8) is 0 Å². The normalized spacial score (nSPS) is 15.7. The molecule has 16 heteroatoms. The molecule has 0 spiro atoms. The van der Waals surface area contributed by atoms with Crippen LogP contribution in [-0.4, -0.2) is 77.8 Å². The molecular formula is C29H24F3N5O6S2. The Morgan fingerprint density at radius 1 is 1.00 bits per heavy atom. The lowest BCUT2D eigenvalue weighted by molar-refractivity contribution is -0.137. The summed E-state index contributed by atoms with van der Waals surface area (Å²) in [5, 5.41) is 11.1. The van der Waals surface area contributed by atoms with E-state index in [1.807, 2.05) is 0 Å². The summed E-state index contributed by atoms with van der Waals surface area (Å²) in [6.45, 7) is 0.758. The number of aromatic nitrogens is 3. The number of sulfonamides is 1. The number of nitrogens with one attached hydrogen (secondary N) is 1. The molecule has 0 atom stereocenters. The quantitative estimate of drug-likeness (QED) is 0.218. The van der Waals surface area contributed by atoms with Crippen LogP contribution in [0.15, 0.2) is 76.8 Å². The van der Waals surface area contributed by atoms with E-state index in [0.717, 1.165) is 23.9 Å². The van der Waals surface area contributed by atoms with Crippen LogP contribution in [0.4, 0.5) is 18.9 Å². The number of halogens is 3. The van der Waals surface area contributed by atoms with Crippen molar-refractivity contribution in [2.24, 2.45) is 0 Å². The van der Waals surface area contributed by atoms with Gasteiger partial charge in [0.15, 0.2) is 23.4 Å². The third kappa shape index (κ3) is 6.45. The first-order valence-corrected chi connectivity index (χ1v) is 16.0. The molecule has 0 saturated carbocycles. The maximum absolute atomic E-state index is 13.7. The summed E-state index contributed by atoms with van der Waals surface area (Å²) in [6.07, 6.45) is -4.63. The minimum absolute atomic E-state index is 0.0200. The van der Waals surface area contributed by atoms with Crippen LogP contribution in [-0.2, 0) is 25.7 Å². The number of nitrogens with zero attached hydrogens (tertiary/aromatic N) is 4. The lowest BCUT2D eigenvalue weighted by Gasteiger charge is -2.26. The topological polar surface area (TPSA) is 133 Å². The smallest absolute Gasteiger partial charge is 0.416 e. The first-order valence-electron chi connectivity index (χ1n) is 13.5. The van der Waals surface area contributed by atoms with Gasteiger partial charge in [0.05, 0.1) is 40.8 Å². The van der Waals surface area contributed by atoms with Crippen molar-refractivity contribution in [3.05, 3.63) is 77.9 Å². The molecule has 3 heterocycles. The van der Waals surface area contributed by atoms with Crippen LogP contribution in [0.3, 0.4) is 0 Å². The van der Waals surface area contributed by atoms with Crippen molar-refractivity contribution < 1.29 is 40.7 Å². The van der Waals surface area contributed by atoms with E-state index in [4.69, 9.17) is 9.47 Å². The highest BCUT2D eigenvalue weighted by Gasteiger charge is 2.32. The van der Waals surface area contributed by atoms with Gasteiger partial charge in [0.25, 0.3) is 5.91 Å². The Kier molecular flexibility index (Phi) is 8.39. The molecule has 11 nitrogen and oxygen atoms in total. The number of rotatable bonds is 8. The number of hydrogen-bond acceptors (Lipinski definition) is 9. The van der Waals surface area contributed by atoms with E-state index >= 15 is 0 Å². The molecule has 1 saturated heterocycles. The highest BCUT2D eigenvalue weighted by atomic mass is 32.2. The molecule has 234 valence electrons. The fourth-order valence-electron chi connectivity index (χ4n) is 4.81. The van der Waals surface area contributed by atoms with Gasteiger partial charge in [-0.05, 0) is 48.5 Å². The van der Waals surface area contributed by atoms with E-state index in [2.05, 4.69) is 15.5 Å². The van der Waals surface area contributed by atoms with Crippen molar-refractivity contribution in [3.8, 4) is 22.8 Å². The SMILES string of the molecule is O=C1COc2ccc(C(=O)CSc3nnc(-c4cccc(S(=O)(=O)N5CCOCC5)c4)n3-c3cccc(C(F)(F)F)c3)cc2N1. The van der Waals surface area contributed by atoms with Gasteiger partial charge in [-0.2, -0.15) is 17.5 Å². The largest absolute Gasteiger partial charge is 0.482 e. The predicted molar refractivity (Wildman–Crippen MR) is 157 cm³/mol. The maximum atomic E-state index is 13.7. The Labute approximate surface area is 259 Å². The standard InChI is InChI=1S/C29H24F3N5O6S2/c30-29(31,32)20-4-2-5-21(15-20)37-27(19-3-1-6-22(13-19)45(40,41)36-9-11-42-12-10-36)34-35-28(37)44-17-24(38)18-7-8-25-23(14-18)33-26(39)16-43-25/h1-8,13-15H,9-12,16-17H2,(H,33,39). The average Bonchev–Trinajstić information content (AvgIpc) is 3.47. The molecule has 0 radical (unpaired) electrons. The highest BCUT2D eigenvalue weighted by Crippen LogP contribution is 2.35. The molecule has 0 aliphatic carbocycles. The molecule has 45 heavy (non-hydrogen) atoms. The van der Waals surface area contributed by atoms with Crippen LogP contribution >= 0.6 is 11.8 Å². The minimum Gasteiger partial charge on any atom is -0.482 e. The average molecular weight is 660 g/mol. The number of thioether (sulfide) groups is 1. The van der Waals surface area contributed by atoms with Crippen LogP contribution < -0.4 is 10.1 Å². The number of ketones is 1. The molecule has 4 aromatic rings. The molecule has 0 bridgehead atoms. The number of ether oxygens (including phenoxy) is 2. The van der Waals surface area contributed by atoms with Crippen molar-refractivity contribution in [1.82, 2.24) is 19.1 Å². The van der Waals surface area contributed by atoms with E-state index in [1.165, 1.54) is 45.3 Å². The zero-order valence-electron chi connectivity index (χ0n) is 23.3. The van der Waals surface area contributed by atoms with Gasteiger partial charge in [-0.25, -0.2) is 8.42 Å². The Balaban J connectivity index is 1.35. The van der Waals surface area contributed by atoms with Gasteiger partial charge in [-0.15, -0.1) is 10.2 Å². The number of amides is 1. The van der Waals surface area contributed by atoms with E-state index < -0.39 is 21.8 Å². The van der Waals surface area contributed by atoms with Gasteiger partial charge in [0.1, 0.15) is 5.75 Å². The molecule has 1 N–H and O–H groups in total. The summed E-state index contributed by atoms with van der Waals surface area (Å²) in [4.78, 5) is 24.8. The zero-order chi connectivity index (χ0) is 31.8. The van der Waals surface area contributed by atoms with Crippen molar-refractivity contribution in [1.29, 1.82) is 0 Å². The van der Waals surface area contributed by atoms with Crippen LogP contribution in [0.25, 0.3) is 17.1 Å². The van der Waals surface area contributed by atoms with Crippen molar-refractivity contribution in [2.75, 3.05) is 44.0 Å². The van der Waals surface area contributed by atoms with Gasteiger partial charge in [-0.3, -0.25) is 14.2 Å². The van der Waals surface area contributed by atoms with Crippen LogP contribution in [0, 0.1) is 0 Å². The second-order valence-electron chi connectivity index (χ2n) is 9.99. The lowest BCUT2D eigenvalue weighted by atomic mass is 10.1. The molecule has 1 amide bonds. The minimum atomic E-state index is -4.63. The molecule has 0 unspecified atom stereocenters. The first kappa shape index (κ1) is 30.8. The van der Waals surface area contributed by atoms with E-state index in [9.17, 15) is 31.2 Å². The molecule has 1 aromatic heterocycles. The van der Waals surface area contributed by atoms with E-state index in [-0.39, 0.29) is 83.0 Å². The Morgan fingerprint density at radius 3 is 2.56 bits per heavy atom. The van der Waals surface area contributed by atoms with Crippen LogP contribution in [0.2, 0.25) is 0 Å². The second kappa shape index (κ2) is 12.3. The fourth-order valence-corrected chi connectivity index (χ4v) is 7.11. The van der Waals surface area contributed by atoms with Gasteiger partial charge >= 0.3 is 6.18 Å². The summed E-state index contributed by atoms with van der Waals surface area (Å²) in [7, 11) is -3.89. The van der Waals surface area contributed by atoms with Crippen molar-refractivity contribution in [2.45, 2.75) is 16.2 Å². The Hall–Kier alpha value is -4.25. The molecular weight excluding hydrogens is 635 g/mol. The monoisotopic (exact) mass is 659 g/mol. The Bertz CT molecular complexity index is 1890. The number of carbonyl (C=O) groups excluding carboxylic acids is 2. The van der Waals surface area contributed by atoms with Gasteiger partial charge in [0.2, 0.25) is 10.0 Å². The lowest BCUT2D eigenvalue weighted by Crippen LogP contribution is -2.40. The second-order valence-corrected chi connectivity index (χ2v) is 12.9. The number of carbonyl (C=O) groups is 2. The van der Waals surface area contributed by atoms with Gasteiger partial charge in [0, 0.05) is 24.2 Å². The number of alkyl halides is 3. The predicted octanol–water partition coefficient (Wildman–Crippen LogP) is 4.28. The summed E-state index contributed by atoms with van der Waals surface area (Å²) < 4.78 is 81.0. The van der Waals surface area contributed by atoms with Crippen LogP contribution in [0.1, 0.15) is 15.9 Å². The number of fused-ring (bicyclic) bond motifs is 1. The number of morpholine rings is 1. The molecule has 1 fully saturated rings. The number of benzene rings is 3. The van der Waals surface area contributed by atoms with E-state index in [0.29, 0.717) is 11.4 Å². The van der Waals surface area contributed by atoms with Crippen LogP contribution in [0.5, 0.6) is 5.75 Å². The van der Waals surface area contributed by atoms with Gasteiger partial charge < -0.3 is 14.8 Å². The Morgan fingerprint density at radius 2 is 1.78 bits per heavy atom. The third-order valence-electron chi connectivity index (χ3n) is 7.03. The summed E-state index contributed by atoms with van der Waals surface area (Å²) in [5.74, 6) is -0.371. The van der Waals surface area contributed by atoms with E-state index in [1.54, 1.807) is 18.2 Å². The molecule has 3 aromatic carbocycles. The molecule has 2 aliphatic heterocycles. The number of hydrogen-bond donors (Lipinski definition) is 1. The first-order chi connectivity index (χ1) is 21.5. The maximum Gasteiger partial charge on any atom is 0.416 e. The highest BCUT2D eigenvalue weighted by molar-refractivity contribution is 7.99. The summed E-state index contributed by atoms with van der Waals surface area (Å²) in [5.41, 5.74) is 0.0724. The third-order valence-corrected chi connectivity index (χ3v) is 9.86. The number of anilines is 1. The van der Waals surface area contributed by atoms with Gasteiger partial charge in [-0.1, -0.05) is 30.0 Å². The molecule has 6 rings (SSSR count). The zero-order valence-corrected chi connectivity index (χ0v) is 24.9. The summed E-state index contributed by atoms with van der Waals surface area (Å²) in [6, 6.07) is 15.0. The van der Waals surface area contributed by atoms with Crippen molar-refractivity contribution >= 4 is 39.2 Å².